The van der Waals surface area contributed by atoms with E-state index in [0.29, 0.717) is 5.92 Å². The predicted octanol–water partition coefficient (Wildman–Crippen LogP) is 3.15. The molecule has 0 aromatic heterocycles. The number of rotatable bonds is 4. The Labute approximate surface area is 116 Å². The van der Waals surface area contributed by atoms with Crippen LogP contribution in [0.1, 0.15) is 39.2 Å². The second kappa shape index (κ2) is 7.39. The van der Waals surface area contributed by atoms with Crippen LogP contribution in [-0.4, -0.2) is 11.9 Å². The molecular formula is C14H23ClN2O. The molecule has 3 N–H and O–H groups in total. The normalized spacial score (nSPS) is 12.2. The Morgan fingerprint density at radius 3 is 2.00 bits per heavy atom. The van der Waals surface area contributed by atoms with E-state index in [1.165, 1.54) is 5.56 Å². The molecule has 102 valence electrons. The van der Waals surface area contributed by atoms with Crippen molar-refractivity contribution in [3.05, 3.63) is 29.8 Å². The highest BCUT2D eigenvalue weighted by Crippen LogP contribution is 2.17. The van der Waals surface area contributed by atoms with E-state index in [0.717, 1.165) is 5.69 Å². The quantitative estimate of drug-likeness (QED) is 0.883. The highest BCUT2D eigenvalue weighted by atomic mass is 35.5. The Balaban J connectivity index is 0.00000289. The van der Waals surface area contributed by atoms with Crippen LogP contribution in [0.5, 0.6) is 0 Å². The topological polar surface area (TPSA) is 55.1 Å². The smallest absolute Gasteiger partial charge is 0.241 e. The third-order valence-corrected chi connectivity index (χ3v) is 2.87. The molecule has 0 aliphatic carbocycles. The van der Waals surface area contributed by atoms with E-state index in [2.05, 4.69) is 19.2 Å². The second-order valence-electron chi connectivity index (χ2n) is 5.04. The van der Waals surface area contributed by atoms with Gasteiger partial charge in [0, 0.05) is 5.69 Å². The molecule has 1 aromatic rings. The molecule has 0 saturated carbocycles. The van der Waals surface area contributed by atoms with Crippen LogP contribution in [0.15, 0.2) is 24.3 Å². The highest BCUT2D eigenvalue weighted by Gasteiger charge is 2.16. The van der Waals surface area contributed by atoms with Gasteiger partial charge in [-0.2, -0.15) is 0 Å². The van der Waals surface area contributed by atoms with Gasteiger partial charge in [-0.3, -0.25) is 4.79 Å². The van der Waals surface area contributed by atoms with E-state index in [4.69, 9.17) is 5.73 Å². The molecule has 1 atom stereocenters. The minimum Gasteiger partial charge on any atom is -0.325 e. The molecule has 0 aliphatic rings. The maximum atomic E-state index is 11.7. The van der Waals surface area contributed by atoms with E-state index >= 15 is 0 Å². The molecule has 0 radical (unpaired) electrons. The van der Waals surface area contributed by atoms with E-state index in [1.54, 1.807) is 0 Å². The van der Waals surface area contributed by atoms with Gasteiger partial charge in [-0.1, -0.05) is 39.8 Å². The maximum Gasteiger partial charge on any atom is 0.241 e. The number of carbonyl (C=O) groups is 1. The van der Waals surface area contributed by atoms with E-state index in [9.17, 15) is 4.79 Å². The molecule has 1 amide bonds. The van der Waals surface area contributed by atoms with Crippen molar-refractivity contribution in [1.29, 1.82) is 0 Å². The lowest BCUT2D eigenvalue weighted by Crippen LogP contribution is -2.39. The maximum absolute atomic E-state index is 11.7. The lowest BCUT2D eigenvalue weighted by Gasteiger charge is -2.15. The summed E-state index contributed by atoms with van der Waals surface area (Å²) in [4.78, 5) is 11.7. The van der Waals surface area contributed by atoms with Gasteiger partial charge in [0.15, 0.2) is 0 Å². The summed E-state index contributed by atoms with van der Waals surface area (Å²) < 4.78 is 0. The fourth-order valence-electron chi connectivity index (χ4n) is 1.48. The van der Waals surface area contributed by atoms with E-state index < -0.39 is 6.04 Å². The van der Waals surface area contributed by atoms with Crippen molar-refractivity contribution in [3.8, 4) is 0 Å². The van der Waals surface area contributed by atoms with Gasteiger partial charge in [-0.15, -0.1) is 12.4 Å². The number of hydrogen-bond donors (Lipinski definition) is 2. The number of halogens is 1. The lowest BCUT2D eigenvalue weighted by atomic mass is 10.0. The average Bonchev–Trinajstić information content (AvgIpc) is 2.28. The Hall–Kier alpha value is -1.06. The molecule has 0 heterocycles. The van der Waals surface area contributed by atoms with Gasteiger partial charge in [-0.25, -0.2) is 0 Å². The minimum absolute atomic E-state index is 0. The number of amides is 1. The molecule has 1 aromatic carbocycles. The molecule has 0 saturated heterocycles. The van der Waals surface area contributed by atoms with Gasteiger partial charge in [0.1, 0.15) is 0 Å². The number of nitrogens with two attached hydrogens (primary N) is 1. The summed E-state index contributed by atoms with van der Waals surface area (Å²) in [5, 5.41) is 2.83. The first-order valence-corrected chi connectivity index (χ1v) is 6.08. The van der Waals surface area contributed by atoms with Crippen molar-refractivity contribution in [1.82, 2.24) is 0 Å². The van der Waals surface area contributed by atoms with Gasteiger partial charge in [0.2, 0.25) is 5.91 Å². The molecule has 0 bridgehead atoms. The van der Waals surface area contributed by atoms with Gasteiger partial charge in [0.25, 0.3) is 0 Å². The van der Waals surface area contributed by atoms with Crippen LogP contribution in [0.4, 0.5) is 5.69 Å². The van der Waals surface area contributed by atoms with Crippen molar-refractivity contribution in [3.63, 3.8) is 0 Å². The van der Waals surface area contributed by atoms with E-state index in [-0.39, 0.29) is 24.2 Å². The molecule has 0 fully saturated rings. The first-order valence-electron chi connectivity index (χ1n) is 6.08. The average molecular weight is 271 g/mol. The predicted molar refractivity (Wildman–Crippen MR) is 79.2 cm³/mol. The molecule has 0 spiro atoms. The van der Waals surface area contributed by atoms with Crippen LogP contribution in [0.25, 0.3) is 0 Å². The number of nitrogens with one attached hydrogen (secondary N) is 1. The Bertz CT molecular complexity index is 374. The van der Waals surface area contributed by atoms with Gasteiger partial charge < -0.3 is 11.1 Å². The zero-order valence-electron chi connectivity index (χ0n) is 11.4. The SMILES string of the molecule is CC(C)c1ccc(NC(=O)[C@@H](N)C(C)C)cc1.Cl. The molecule has 4 heteroatoms. The minimum atomic E-state index is -0.459. The largest absolute Gasteiger partial charge is 0.325 e. The zero-order valence-corrected chi connectivity index (χ0v) is 12.3. The number of benzene rings is 1. The fraction of sp³-hybridized carbons (Fsp3) is 0.500. The lowest BCUT2D eigenvalue weighted by molar-refractivity contribution is -0.118. The monoisotopic (exact) mass is 270 g/mol. The van der Waals surface area contributed by atoms with Crippen LogP contribution >= 0.6 is 12.4 Å². The first-order chi connectivity index (χ1) is 7.91. The number of anilines is 1. The van der Waals surface area contributed by atoms with Gasteiger partial charge in [-0.05, 0) is 29.5 Å². The Morgan fingerprint density at radius 1 is 1.11 bits per heavy atom. The first kappa shape index (κ1) is 16.9. The van der Waals surface area contributed by atoms with Gasteiger partial charge >= 0.3 is 0 Å². The highest BCUT2D eigenvalue weighted by molar-refractivity contribution is 5.94. The van der Waals surface area contributed by atoms with Crippen LogP contribution < -0.4 is 11.1 Å². The summed E-state index contributed by atoms with van der Waals surface area (Å²) >= 11 is 0. The van der Waals surface area contributed by atoms with Crippen molar-refractivity contribution in [2.45, 2.75) is 39.7 Å². The van der Waals surface area contributed by atoms with Crippen molar-refractivity contribution in [2.24, 2.45) is 11.7 Å². The molecule has 0 aliphatic heterocycles. The third kappa shape index (κ3) is 4.67. The summed E-state index contributed by atoms with van der Waals surface area (Å²) in [6.45, 7) is 8.16. The molecular weight excluding hydrogens is 248 g/mol. The zero-order chi connectivity index (χ0) is 13.0. The molecule has 18 heavy (non-hydrogen) atoms. The third-order valence-electron chi connectivity index (χ3n) is 2.87. The van der Waals surface area contributed by atoms with Crippen LogP contribution in [0.2, 0.25) is 0 Å². The van der Waals surface area contributed by atoms with Gasteiger partial charge in [0.05, 0.1) is 6.04 Å². The fourth-order valence-corrected chi connectivity index (χ4v) is 1.48. The summed E-state index contributed by atoms with van der Waals surface area (Å²) in [7, 11) is 0. The molecule has 1 rings (SSSR count). The summed E-state index contributed by atoms with van der Waals surface area (Å²) in [6.07, 6.45) is 0. The number of carbonyl (C=O) groups excluding carboxylic acids is 1. The van der Waals surface area contributed by atoms with Crippen molar-refractivity contribution >= 4 is 24.0 Å². The van der Waals surface area contributed by atoms with Crippen LogP contribution in [0.3, 0.4) is 0 Å². The summed E-state index contributed by atoms with van der Waals surface area (Å²) in [6, 6.07) is 7.43. The second-order valence-corrected chi connectivity index (χ2v) is 5.04. The van der Waals surface area contributed by atoms with Crippen LogP contribution in [0, 0.1) is 5.92 Å². The Morgan fingerprint density at radius 2 is 1.61 bits per heavy atom. The standard InChI is InChI=1S/C14H22N2O.ClH/c1-9(2)11-5-7-12(8-6-11)16-14(17)13(15)10(3)4;/h5-10,13H,15H2,1-4H3,(H,16,17);1H/t13-;/m0./s1. The van der Waals surface area contributed by atoms with Crippen molar-refractivity contribution in [2.75, 3.05) is 5.32 Å². The molecule has 3 nitrogen and oxygen atoms in total. The Kier molecular flexibility index (Phi) is 6.96. The molecule has 0 unspecified atom stereocenters. The number of hydrogen-bond acceptors (Lipinski definition) is 2. The van der Waals surface area contributed by atoms with Crippen molar-refractivity contribution < 1.29 is 4.79 Å². The van der Waals surface area contributed by atoms with Crippen LogP contribution in [-0.2, 0) is 4.79 Å². The summed E-state index contributed by atoms with van der Waals surface area (Å²) in [5.41, 5.74) is 7.84. The van der Waals surface area contributed by atoms with E-state index in [1.807, 2.05) is 38.1 Å². The summed E-state index contributed by atoms with van der Waals surface area (Å²) in [5.74, 6) is 0.514.